The standard InChI is InChI=1S/C17H24N4O2/c1-12-15-5-4-14(23-3)10-16(15)19-17(18-12)21-8-7-20(2)13(11-21)6-9-22/h4-5,10,13,22H,6-9,11H2,1-3H3. The number of methoxy groups -OCH3 is 1. The van der Waals surface area contributed by atoms with Gasteiger partial charge >= 0.3 is 0 Å². The van der Waals surface area contributed by atoms with E-state index in [1.54, 1.807) is 7.11 Å². The number of aryl methyl sites for hydroxylation is 1. The molecule has 1 N–H and O–H groups in total. The normalized spacial score (nSPS) is 19.3. The molecule has 0 bridgehead atoms. The molecular weight excluding hydrogens is 292 g/mol. The molecule has 0 saturated carbocycles. The van der Waals surface area contributed by atoms with Gasteiger partial charge in [0.1, 0.15) is 5.75 Å². The third-order valence-corrected chi connectivity index (χ3v) is 4.61. The molecule has 2 aromatic rings. The van der Waals surface area contributed by atoms with E-state index < -0.39 is 0 Å². The van der Waals surface area contributed by atoms with Crippen molar-refractivity contribution in [3.05, 3.63) is 23.9 Å². The van der Waals surface area contributed by atoms with Crippen LogP contribution in [0.25, 0.3) is 10.9 Å². The van der Waals surface area contributed by atoms with Gasteiger partial charge in [0.15, 0.2) is 0 Å². The largest absolute Gasteiger partial charge is 0.497 e. The van der Waals surface area contributed by atoms with Gasteiger partial charge in [0, 0.05) is 43.7 Å². The molecule has 1 fully saturated rings. The van der Waals surface area contributed by atoms with E-state index in [-0.39, 0.29) is 6.61 Å². The number of rotatable bonds is 4. The Bertz CT molecular complexity index is 692. The molecule has 1 saturated heterocycles. The number of hydrogen-bond acceptors (Lipinski definition) is 6. The van der Waals surface area contributed by atoms with Crippen molar-refractivity contribution in [3.63, 3.8) is 0 Å². The summed E-state index contributed by atoms with van der Waals surface area (Å²) < 4.78 is 5.30. The van der Waals surface area contributed by atoms with Gasteiger partial charge in [-0.15, -0.1) is 0 Å². The molecule has 1 aliphatic heterocycles. The molecule has 0 radical (unpaired) electrons. The zero-order valence-electron chi connectivity index (χ0n) is 14.0. The molecule has 1 atom stereocenters. The summed E-state index contributed by atoms with van der Waals surface area (Å²) in [5.74, 6) is 1.57. The maximum Gasteiger partial charge on any atom is 0.226 e. The predicted molar refractivity (Wildman–Crippen MR) is 91.2 cm³/mol. The minimum absolute atomic E-state index is 0.206. The van der Waals surface area contributed by atoms with Crippen LogP contribution in [0.2, 0.25) is 0 Å². The number of aliphatic hydroxyl groups is 1. The number of piperazine rings is 1. The predicted octanol–water partition coefficient (Wildman–Crippen LogP) is 1.45. The summed E-state index contributed by atoms with van der Waals surface area (Å²) in [6, 6.07) is 6.23. The van der Waals surface area contributed by atoms with E-state index in [1.807, 2.05) is 25.1 Å². The molecule has 3 rings (SSSR count). The van der Waals surface area contributed by atoms with Gasteiger partial charge < -0.3 is 14.7 Å². The first kappa shape index (κ1) is 16.0. The summed E-state index contributed by atoms with van der Waals surface area (Å²) in [5, 5.41) is 10.3. The first-order valence-electron chi connectivity index (χ1n) is 8.01. The number of nitrogens with zero attached hydrogens (tertiary/aromatic N) is 4. The first-order valence-corrected chi connectivity index (χ1v) is 8.01. The molecule has 1 aromatic heterocycles. The van der Waals surface area contributed by atoms with Crippen LogP contribution in [-0.2, 0) is 0 Å². The second kappa shape index (κ2) is 6.68. The quantitative estimate of drug-likeness (QED) is 0.921. The lowest BCUT2D eigenvalue weighted by Gasteiger charge is -2.39. The summed E-state index contributed by atoms with van der Waals surface area (Å²) in [5.41, 5.74) is 1.88. The summed E-state index contributed by atoms with van der Waals surface area (Å²) in [6.07, 6.45) is 0.771. The molecule has 1 aromatic carbocycles. The summed E-state index contributed by atoms with van der Waals surface area (Å²) >= 11 is 0. The zero-order valence-corrected chi connectivity index (χ0v) is 14.0. The van der Waals surface area contributed by atoms with E-state index in [2.05, 4.69) is 16.8 Å². The number of hydrogen-bond donors (Lipinski definition) is 1. The highest BCUT2D eigenvalue weighted by molar-refractivity contribution is 5.83. The Morgan fingerprint density at radius 3 is 2.87 bits per heavy atom. The maximum atomic E-state index is 9.25. The molecule has 1 aliphatic rings. The number of aliphatic hydroxyl groups excluding tert-OH is 1. The van der Waals surface area contributed by atoms with Gasteiger partial charge in [-0.05, 0) is 32.5 Å². The van der Waals surface area contributed by atoms with Gasteiger partial charge in [0.25, 0.3) is 0 Å². The fraction of sp³-hybridized carbons (Fsp3) is 0.529. The van der Waals surface area contributed by atoms with Crippen LogP contribution < -0.4 is 9.64 Å². The fourth-order valence-corrected chi connectivity index (χ4v) is 3.11. The van der Waals surface area contributed by atoms with Crippen LogP contribution in [0.1, 0.15) is 12.1 Å². The smallest absolute Gasteiger partial charge is 0.226 e. The minimum Gasteiger partial charge on any atom is -0.497 e. The van der Waals surface area contributed by atoms with Crippen molar-refractivity contribution in [2.75, 3.05) is 45.3 Å². The summed E-state index contributed by atoms with van der Waals surface area (Å²) in [6.45, 7) is 4.90. The summed E-state index contributed by atoms with van der Waals surface area (Å²) in [7, 11) is 3.77. The Morgan fingerprint density at radius 1 is 1.30 bits per heavy atom. The Kier molecular flexibility index (Phi) is 4.63. The van der Waals surface area contributed by atoms with Gasteiger partial charge in [-0.3, -0.25) is 4.90 Å². The van der Waals surface area contributed by atoms with Crippen molar-refractivity contribution in [1.82, 2.24) is 14.9 Å². The first-order chi connectivity index (χ1) is 11.1. The van der Waals surface area contributed by atoms with Gasteiger partial charge in [0.2, 0.25) is 5.95 Å². The second-order valence-electron chi connectivity index (χ2n) is 6.08. The minimum atomic E-state index is 0.206. The Morgan fingerprint density at radius 2 is 2.13 bits per heavy atom. The van der Waals surface area contributed by atoms with E-state index >= 15 is 0 Å². The third kappa shape index (κ3) is 3.23. The van der Waals surface area contributed by atoms with Crippen LogP contribution in [0.5, 0.6) is 5.75 Å². The highest BCUT2D eigenvalue weighted by Crippen LogP contribution is 2.24. The molecule has 124 valence electrons. The van der Waals surface area contributed by atoms with Crippen molar-refractivity contribution < 1.29 is 9.84 Å². The van der Waals surface area contributed by atoms with Gasteiger partial charge in [0.05, 0.1) is 18.3 Å². The van der Waals surface area contributed by atoms with E-state index in [4.69, 9.17) is 14.7 Å². The van der Waals surface area contributed by atoms with Crippen LogP contribution in [0, 0.1) is 6.92 Å². The van der Waals surface area contributed by atoms with Crippen molar-refractivity contribution in [3.8, 4) is 5.75 Å². The Hall–Kier alpha value is -1.92. The van der Waals surface area contributed by atoms with Gasteiger partial charge in [-0.1, -0.05) is 0 Å². The molecule has 23 heavy (non-hydrogen) atoms. The zero-order chi connectivity index (χ0) is 16.4. The number of benzene rings is 1. The molecule has 1 unspecified atom stereocenters. The number of likely N-dealkylation sites (N-methyl/N-ethyl adjacent to an activating group) is 1. The molecule has 2 heterocycles. The van der Waals surface area contributed by atoms with Crippen LogP contribution in [0.3, 0.4) is 0 Å². The number of fused-ring (bicyclic) bond motifs is 1. The molecule has 6 heteroatoms. The number of ether oxygens (including phenoxy) is 1. The maximum absolute atomic E-state index is 9.25. The highest BCUT2D eigenvalue weighted by atomic mass is 16.5. The summed E-state index contributed by atoms with van der Waals surface area (Å²) in [4.78, 5) is 13.9. The van der Waals surface area contributed by atoms with Crippen LogP contribution >= 0.6 is 0 Å². The van der Waals surface area contributed by atoms with Crippen molar-refractivity contribution in [1.29, 1.82) is 0 Å². The van der Waals surface area contributed by atoms with Gasteiger partial charge in [-0.25, -0.2) is 9.97 Å². The van der Waals surface area contributed by atoms with Crippen molar-refractivity contribution >= 4 is 16.9 Å². The lowest BCUT2D eigenvalue weighted by molar-refractivity contribution is 0.170. The molecular formula is C17H24N4O2. The van der Waals surface area contributed by atoms with E-state index in [0.29, 0.717) is 6.04 Å². The average Bonchev–Trinajstić information content (AvgIpc) is 2.56. The lowest BCUT2D eigenvalue weighted by atomic mass is 10.1. The van der Waals surface area contributed by atoms with Crippen LogP contribution in [-0.4, -0.2) is 66.4 Å². The third-order valence-electron chi connectivity index (χ3n) is 4.61. The van der Waals surface area contributed by atoms with E-state index in [0.717, 1.165) is 54.3 Å². The Labute approximate surface area is 136 Å². The fourth-order valence-electron chi connectivity index (χ4n) is 3.11. The van der Waals surface area contributed by atoms with Crippen molar-refractivity contribution in [2.45, 2.75) is 19.4 Å². The molecule has 0 aliphatic carbocycles. The highest BCUT2D eigenvalue weighted by Gasteiger charge is 2.25. The topological polar surface area (TPSA) is 61.7 Å². The van der Waals surface area contributed by atoms with Crippen LogP contribution in [0.4, 0.5) is 5.95 Å². The lowest BCUT2D eigenvalue weighted by Crippen LogP contribution is -2.52. The van der Waals surface area contributed by atoms with E-state index in [1.165, 1.54) is 0 Å². The molecule has 0 amide bonds. The monoisotopic (exact) mass is 316 g/mol. The number of aromatic nitrogens is 2. The van der Waals surface area contributed by atoms with Crippen molar-refractivity contribution in [2.24, 2.45) is 0 Å². The Balaban J connectivity index is 1.93. The number of anilines is 1. The van der Waals surface area contributed by atoms with E-state index in [9.17, 15) is 5.11 Å². The average molecular weight is 316 g/mol. The van der Waals surface area contributed by atoms with Gasteiger partial charge in [-0.2, -0.15) is 0 Å². The SMILES string of the molecule is COc1ccc2c(C)nc(N3CCN(C)C(CCO)C3)nc2c1. The molecule has 0 spiro atoms. The van der Waals surface area contributed by atoms with Crippen LogP contribution in [0.15, 0.2) is 18.2 Å². The second-order valence-corrected chi connectivity index (χ2v) is 6.08. The molecule has 6 nitrogen and oxygen atoms in total.